The van der Waals surface area contributed by atoms with Crippen LogP contribution in [0.1, 0.15) is 11.3 Å². The molecule has 0 saturated carbocycles. The topological polar surface area (TPSA) is 42.2 Å². The van der Waals surface area contributed by atoms with E-state index in [0.29, 0.717) is 5.65 Å². The number of fused-ring (bicyclic) bond motifs is 1. The van der Waals surface area contributed by atoms with Crippen LogP contribution in [0.3, 0.4) is 0 Å². The maximum Gasteiger partial charge on any atom is 0.187 e. The quantitative estimate of drug-likeness (QED) is 0.574. The van der Waals surface area contributed by atoms with E-state index in [1.54, 1.807) is 10.5 Å². The smallest absolute Gasteiger partial charge is 0.187 e. The molecule has 0 saturated heterocycles. The van der Waals surface area contributed by atoms with Crippen LogP contribution in [-0.4, -0.2) is 14.4 Å². The zero-order chi connectivity index (χ0) is 16.7. The average molecular weight is 338 g/mol. The Labute approximate surface area is 142 Å². The molecule has 4 nitrogen and oxygen atoms in total. The second kappa shape index (κ2) is 5.72. The Morgan fingerprint density at radius 3 is 2.62 bits per heavy atom. The summed E-state index contributed by atoms with van der Waals surface area (Å²) in [6.45, 7) is 3.96. The zero-order valence-electron chi connectivity index (χ0n) is 13.2. The number of rotatable bonds is 3. The Bertz CT molecular complexity index is 1020. The first kappa shape index (κ1) is 14.8. The van der Waals surface area contributed by atoms with E-state index in [4.69, 9.17) is 0 Å². The van der Waals surface area contributed by atoms with E-state index in [-0.39, 0.29) is 5.82 Å². The van der Waals surface area contributed by atoms with Gasteiger partial charge in [0.15, 0.2) is 5.13 Å². The third-order valence-electron chi connectivity index (χ3n) is 3.81. The second-order valence-corrected chi connectivity index (χ2v) is 6.51. The number of nitrogens with zero attached hydrogens (tertiary/aromatic N) is 3. The molecule has 0 aliphatic carbocycles. The van der Waals surface area contributed by atoms with Gasteiger partial charge in [-0.25, -0.2) is 14.4 Å². The summed E-state index contributed by atoms with van der Waals surface area (Å²) in [6, 6.07) is 11.2. The molecule has 1 N–H and O–H groups in total. The van der Waals surface area contributed by atoms with Crippen LogP contribution in [0, 0.1) is 19.7 Å². The summed E-state index contributed by atoms with van der Waals surface area (Å²) in [7, 11) is 0. The van der Waals surface area contributed by atoms with Crippen molar-refractivity contribution in [3.8, 4) is 11.4 Å². The highest BCUT2D eigenvalue weighted by atomic mass is 32.1. The monoisotopic (exact) mass is 338 g/mol. The maximum absolute atomic E-state index is 13.6. The largest absolute Gasteiger partial charge is 0.332 e. The van der Waals surface area contributed by atoms with Crippen LogP contribution in [0.2, 0.25) is 0 Å². The van der Waals surface area contributed by atoms with E-state index in [0.717, 1.165) is 27.9 Å². The van der Waals surface area contributed by atoms with Gasteiger partial charge in [-0.05, 0) is 38.1 Å². The van der Waals surface area contributed by atoms with Crippen molar-refractivity contribution in [3.05, 3.63) is 65.0 Å². The van der Waals surface area contributed by atoms with E-state index in [2.05, 4.69) is 22.2 Å². The SMILES string of the molecule is Cc1ccc(Nc2nc(-c3c(C)nc4ccc(F)cn34)cs2)cc1. The summed E-state index contributed by atoms with van der Waals surface area (Å²) in [5.74, 6) is -0.297. The minimum Gasteiger partial charge on any atom is -0.332 e. The molecule has 120 valence electrons. The number of imidazole rings is 1. The molecule has 0 radical (unpaired) electrons. The molecule has 4 rings (SSSR count). The van der Waals surface area contributed by atoms with E-state index in [1.165, 1.54) is 29.2 Å². The number of thiazole rings is 1. The lowest BCUT2D eigenvalue weighted by molar-refractivity contribution is 0.619. The fraction of sp³-hybridized carbons (Fsp3) is 0.111. The molecule has 4 aromatic rings. The predicted molar refractivity (Wildman–Crippen MR) is 95.5 cm³/mol. The number of aryl methyl sites for hydroxylation is 2. The molecule has 0 fully saturated rings. The molecular weight excluding hydrogens is 323 g/mol. The molecule has 0 amide bonds. The summed E-state index contributed by atoms with van der Waals surface area (Å²) in [4.78, 5) is 9.11. The highest BCUT2D eigenvalue weighted by Crippen LogP contribution is 2.30. The number of nitrogens with one attached hydrogen (secondary N) is 1. The maximum atomic E-state index is 13.6. The number of aromatic nitrogens is 3. The Balaban J connectivity index is 1.71. The summed E-state index contributed by atoms with van der Waals surface area (Å²) >= 11 is 1.51. The van der Waals surface area contributed by atoms with E-state index in [9.17, 15) is 4.39 Å². The summed E-state index contributed by atoms with van der Waals surface area (Å²) in [5, 5.41) is 6.04. The van der Waals surface area contributed by atoms with Crippen molar-refractivity contribution in [1.29, 1.82) is 0 Å². The van der Waals surface area contributed by atoms with Crippen LogP contribution in [-0.2, 0) is 0 Å². The molecule has 6 heteroatoms. The Kier molecular flexibility index (Phi) is 3.54. The van der Waals surface area contributed by atoms with Gasteiger partial charge in [0.2, 0.25) is 0 Å². The van der Waals surface area contributed by atoms with Crippen LogP contribution in [0.4, 0.5) is 15.2 Å². The summed E-state index contributed by atoms with van der Waals surface area (Å²) in [5.41, 5.74) is 5.34. The van der Waals surface area contributed by atoms with Gasteiger partial charge in [-0.3, -0.25) is 4.40 Å². The van der Waals surface area contributed by atoms with Crippen molar-refractivity contribution < 1.29 is 4.39 Å². The van der Waals surface area contributed by atoms with Crippen LogP contribution in [0.25, 0.3) is 17.0 Å². The molecule has 0 atom stereocenters. The number of pyridine rings is 1. The third kappa shape index (κ3) is 2.65. The first-order valence-electron chi connectivity index (χ1n) is 7.54. The molecule has 0 bridgehead atoms. The molecule has 0 spiro atoms. The normalized spacial score (nSPS) is 11.1. The highest BCUT2D eigenvalue weighted by molar-refractivity contribution is 7.14. The van der Waals surface area contributed by atoms with Crippen molar-refractivity contribution >= 4 is 27.8 Å². The number of halogens is 1. The molecule has 0 aliphatic rings. The minimum absolute atomic E-state index is 0.297. The minimum atomic E-state index is -0.297. The number of hydrogen-bond acceptors (Lipinski definition) is 4. The highest BCUT2D eigenvalue weighted by Gasteiger charge is 2.14. The summed E-state index contributed by atoms with van der Waals surface area (Å²) < 4.78 is 15.3. The molecule has 3 aromatic heterocycles. The van der Waals surface area contributed by atoms with Crippen LogP contribution in [0.5, 0.6) is 0 Å². The molecule has 1 aromatic carbocycles. The van der Waals surface area contributed by atoms with Gasteiger partial charge in [0.05, 0.1) is 11.4 Å². The molecule has 24 heavy (non-hydrogen) atoms. The lowest BCUT2D eigenvalue weighted by atomic mass is 10.2. The van der Waals surface area contributed by atoms with Crippen molar-refractivity contribution in [2.75, 3.05) is 5.32 Å². The number of hydrogen-bond donors (Lipinski definition) is 1. The van der Waals surface area contributed by atoms with Crippen LogP contribution >= 0.6 is 11.3 Å². The first-order chi connectivity index (χ1) is 11.6. The van der Waals surface area contributed by atoms with Gasteiger partial charge in [0.1, 0.15) is 17.2 Å². The standard InChI is InChI=1S/C18H15FN4S/c1-11-3-6-14(7-4-11)21-18-22-15(10-24-18)17-12(2)20-16-8-5-13(19)9-23(16)17/h3-10H,1-2H3,(H,21,22). The molecular formula is C18H15FN4S. The Morgan fingerprint density at radius 1 is 1.04 bits per heavy atom. The number of anilines is 2. The fourth-order valence-electron chi connectivity index (χ4n) is 2.65. The molecule has 0 aliphatic heterocycles. The summed E-state index contributed by atoms with van der Waals surface area (Å²) in [6.07, 6.45) is 1.44. The van der Waals surface area contributed by atoms with Gasteiger partial charge in [-0.2, -0.15) is 0 Å². The van der Waals surface area contributed by atoms with Crippen molar-refractivity contribution in [2.45, 2.75) is 13.8 Å². The van der Waals surface area contributed by atoms with Gasteiger partial charge >= 0.3 is 0 Å². The fourth-order valence-corrected chi connectivity index (χ4v) is 3.36. The predicted octanol–water partition coefficient (Wildman–Crippen LogP) is 4.96. The van der Waals surface area contributed by atoms with Crippen LogP contribution in [0.15, 0.2) is 48.0 Å². The van der Waals surface area contributed by atoms with E-state index < -0.39 is 0 Å². The van der Waals surface area contributed by atoms with Crippen molar-refractivity contribution in [3.63, 3.8) is 0 Å². The average Bonchev–Trinajstić information content (AvgIpc) is 3.12. The number of benzene rings is 1. The van der Waals surface area contributed by atoms with E-state index >= 15 is 0 Å². The van der Waals surface area contributed by atoms with Crippen molar-refractivity contribution in [2.24, 2.45) is 0 Å². The Morgan fingerprint density at radius 2 is 1.83 bits per heavy atom. The van der Waals surface area contributed by atoms with Gasteiger partial charge in [-0.15, -0.1) is 11.3 Å². The third-order valence-corrected chi connectivity index (χ3v) is 4.56. The lowest BCUT2D eigenvalue weighted by Crippen LogP contribution is -1.93. The van der Waals surface area contributed by atoms with Crippen molar-refractivity contribution in [1.82, 2.24) is 14.4 Å². The Hall–Kier alpha value is -2.73. The van der Waals surface area contributed by atoms with Gasteiger partial charge in [0, 0.05) is 17.3 Å². The van der Waals surface area contributed by atoms with Gasteiger partial charge in [-0.1, -0.05) is 17.7 Å². The van der Waals surface area contributed by atoms with Crippen LogP contribution < -0.4 is 5.32 Å². The molecule has 0 unspecified atom stereocenters. The lowest BCUT2D eigenvalue weighted by Gasteiger charge is -2.03. The second-order valence-electron chi connectivity index (χ2n) is 5.65. The van der Waals surface area contributed by atoms with E-state index in [1.807, 2.05) is 36.6 Å². The molecule has 3 heterocycles. The first-order valence-corrected chi connectivity index (χ1v) is 8.42. The zero-order valence-corrected chi connectivity index (χ0v) is 14.1. The van der Waals surface area contributed by atoms with Gasteiger partial charge < -0.3 is 5.32 Å². The van der Waals surface area contributed by atoms with Gasteiger partial charge in [0.25, 0.3) is 0 Å².